The minimum atomic E-state index is -3.96. The van der Waals surface area contributed by atoms with Crippen LogP contribution in [-0.2, 0) is 29.9 Å². The van der Waals surface area contributed by atoms with Crippen LogP contribution in [0.3, 0.4) is 0 Å². The second-order valence-corrected chi connectivity index (χ2v) is 6.95. The van der Waals surface area contributed by atoms with Gasteiger partial charge in [-0.2, -0.15) is 18.6 Å². The third-order valence-corrected chi connectivity index (χ3v) is 5.20. The molecule has 2 N–H and O–H groups in total. The predicted molar refractivity (Wildman–Crippen MR) is 77.7 cm³/mol. The maximum atomic E-state index is 12.3. The molecule has 1 aliphatic carbocycles. The second-order valence-electron chi connectivity index (χ2n) is 5.32. The van der Waals surface area contributed by atoms with E-state index in [1.54, 1.807) is 0 Å². The Labute approximate surface area is 128 Å². The average Bonchev–Trinajstić information content (AvgIpc) is 2.99. The molecule has 9 heteroatoms. The van der Waals surface area contributed by atoms with Gasteiger partial charge in [-0.3, -0.25) is 14.6 Å². The third kappa shape index (κ3) is 2.63. The molecule has 0 saturated heterocycles. The Bertz CT molecular complexity index is 806. The lowest BCUT2D eigenvalue weighted by Gasteiger charge is -2.06. The number of rotatable bonds is 3. The van der Waals surface area contributed by atoms with Crippen LogP contribution in [-0.4, -0.2) is 34.3 Å². The Morgan fingerprint density at radius 1 is 1.32 bits per heavy atom. The van der Waals surface area contributed by atoms with E-state index >= 15 is 0 Å². The summed E-state index contributed by atoms with van der Waals surface area (Å²) in [7, 11) is -2.46. The molecule has 1 aliphatic rings. The number of H-pyrrole nitrogens is 1. The van der Waals surface area contributed by atoms with Gasteiger partial charge in [0.25, 0.3) is 15.9 Å². The molecule has 0 spiro atoms. The molecule has 0 bridgehead atoms. The summed E-state index contributed by atoms with van der Waals surface area (Å²) in [6, 6.07) is 1.33. The molecule has 1 amide bonds. The highest BCUT2D eigenvalue weighted by atomic mass is 32.2. The fourth-order valence-electron chi connectivity index (χ4n) is 2.69. The van der Waals surface area contributed by atoms with Crippen LogP contribution >= 0.6 is 0 Å². The molecule has 0 atom stereocenters. The maximum Gasteiger partial charge on any atom is 0.285 e. The Morgan fingerprint density at radius 2 is 2.09 bits per heavy atom. The molecule has 0 aromatic carbocycles. The molecule has 0 saturated carbocycles. The van der Waals surface area contributed by atoms with Crippen molar-refractivity contribution >= 4 is 15.9 Å². The van der Waals surface area contributed by atoms with Crippen LogP contribution in [0.15, 0.2) is 17.3 Å². The summed E-state index contributed by atoms with van der Waals surface area (Å²) >= 11 is 0. The maximum absolute atomic E-state index is 12.3. The Hall–Kier alpha value is -2.16. The van der Waals surface area contributed by atoms with Gasteiger partial charge in [0.05, 0.1) is 6.20 Å². The van der Waals surface area contributed by atoms with Gasteiger partial charge in [-0.25, -0.2) is 4.72 Å². The number of aryl methyl sites for hydroxylation is 2. The number of carbonyl (C=O) groups is 1. The predicted octanol–water partition coefficient (Wildman–Crippen LogP) is 0.531. The van der Waals surface area contributed by atoms with E-state index in [-0.39, 0.29) is 10.7 Å². The summed E-state index contributed by atoms with van der Waals surface area (Å²) in [5.41, 5.74) is 1.93. The molecule has 0 fully saturated rings. The van der Waals surface area contributed by atoms with E-state index in [0.29, 0.717) is 0 Å². The van der Waals surface area contributed by atoms with Gasteiger partial charge >= 0.3 is 0 Å². The largest absolute Gasteiger partial charge is 0.285 e. The summed E-state index contributed by atoms with van der Waals surface area (Å²) in [4.78, 5) is 12.3. The molecular formula is C13H17N5O3S. The number of carbonyl (C=O) groups excluding carboxylic acids is 1. The topological polar surface area (TPSA) is 110 Å². The van der Waals surface area contributed by atoms with Gasteiger partial charge in [0.1, 0.15) is 0 Å². The first kappa shape index (κ1) is 14.8. The SMILES string of the molecule is Cn1nccc1S(=O)(=O)NC(=O)c1n[nH]c2c1CCCCC2. The van der Waals surface area contributed by atoms with Gasteiger partial charge in [-0.05, 0) is 31.7 Å². The molecular weight excluding hydrogens is 306 g/mol. The number of fused-ring (bicyclic) bond motifs is 1. The van der Waals surface area contributed by atoms with Crippen molar-refractivity contribution in [2.75, 3.05) is 0 Å². The third-order valence-electron chi connectivity index (χ3n) is 3.80. The van der Waals surface area contributed by atoms with Gasteiger partial charge in [-0.1, -0.05) is 6.42 Å². The van der Waals surface area contributed by atoms with Crippen molar-refractivity contribution < 1.29 is 13.2 Å². The Balaban J connectivity index is 1.87. The zero-order chi connectivity index (χ0) is 15.7. The van der Waals surface area contributed by atoms with Gasteiger partial charge in [-0.15, -0.1) is 0 Å². The molecule has 2 aromatic heterocycles. The molecule has 2 heterocycles. The van der Waals surface area contributed by atoms with E-state index in [9.17, 15) is 13.2 Å². The average molecular weight is 323 g/mol. The number of hydrogen-bond acceptors (Lipinski definition) is 5. The lowest BCUT2D eigenvalue weighted by Crippen LogP contribution is -2.32. The van der Waals surface area contributed by atoms with Crippen LogP contribution in [0, 0.1) is 0 Å². The van der Waals surface area contributed by atoms with Crippen LogP contribution in [0.4, 0.5) is 0 Å². The number of nitrogens with zero attached hydrogens (tertiary/aromatic N) is 3. The van der Waals surface area contributed by atoms with E-state index in [1.807, 2.05) is 0 Å². The molecule has 8 nitrogen and oxygen atoms in total. The van der Waals surface area contributed by atoms with E-state index < -0.39 is 15.9 Å². The summed E-state index contributed by atoms with van der Waals surface area (Å²) in [5, 5.41) is 10.6. The van der Waals surface area contributed by atoms with Crippen LogP contribution in [0.25, 0.3) is 0 Å². The van der Waals surface area contributed by atoms with E-state index in [1.165, 1.54) is 24.0 Å². The van der Waals surface area contributed by atoms with Gasteiger partial charge in [0, 0.05) is 18.3 Å². The molecule has 0 aliphatic heterocycles. The smallest absolute Gasteiger partial charge is 0.281 e. The minimum Gasteiger partial charge on any atom is -0.281 e. The van der Waals surface area contributed by atoms with Crippen molar-refractivity contribution in [3.8, 4) is 0 Å². The van der Waals surface area contributed by atoms with E-state index in [2.05, 4.69) is 20.0 Å². The highest BCUT2D eigenvalue weighted by molar-refractivity contribution is 7.90. The minimum absolute atomic E-state index is 0.0672. The zero-order valence-electron chi connectivity index (χ0n) is 12.2. The van der Waals surface area contributed by atoms with Crippen LogP contribution < -0.4 is 4.72 Å². The summed E-state index contributed by atoms with van der Waals surface area (Å²) < 4.78 is 27.7. The quantitative estimate of drug-likeness (QED) is 0.801. The monoisotopic (exact) mass is 323 g/mol. The number of aromatic amines is 1. The fraction of sp³-hybridized carbons (Fsp3) is 0.462. The number of nitrogens with one attached hydrogen (secondary N) is 2. The summed E-state index contributed by atoms with van der Waals surface area (Å²) in [6.45, 7) is 0. The first-order valence-corrected chi connectivity index (χ1v) is 8.58. The molecule has 0 unspecified atom stereocenters. The number of hydrogen-bond donors (Lipinski definition) is 2. The highest BCUT2D eigenvalue weighted by Gasteiger charge is 2.26. The Kier molecular flexibility index (Phi) is 3.73. The van der Waals surface area contributed by atoms with Crippen molar-refractivity contribution in [2.24, 2.45) is 7.05 Å². The van der Waals surface area contributed by atoms with Crippen molar-refractivity contribution in [1.29, 1.82) is 0 Å². The standard InChI is InChI=1S/C13H17N5O3S/c1-18-11(7-8-14-18)22(20,21)17-13(19)12-9-5-3-2-4-6-10(9)15-16-12/h7-8H,2-6H2,1H3,(H,15,16)(H,17,19). The van der Waals surface area contributed by atoms with Crippen LogP contribution in [0.2, 0.25) is 0 Å². The lowest BCUT2D eigenvalue weighted by atomic mass is 10.1. The molecule has 3 rings (SSSR count). The summed E-state index contributed by atoms with van der Waals surface area (Å²) in [6.07, 6.45) is 6.05. The number of sulfonamides is 1. The first-order chi connectivity index (χ1) is 10.5. The van der Waals surface area contributed by atoms with Crippen LogP contribution in [0.1, 0.15) is 41.0 Å². The Morgan fingerprint density at radius 3 is 2.82 bits per heavy atom. The van der Waals surface area contributed by atoms with Gasteiger partial charge < -0.3 is 0 Å². The van der Waals surface area contributed by atoms with Crippen molar-refractivity contribution in [2.45, 2.75) is 37.1 Å². The normalized spacial score (nSPS) is 15.1. The van der Waals surface area contributed by atoms with Crippen molar-refractivity contribution in [1.82, 2.24) is 24.7 Å². The molecule has 118 valence electrons. The number of amides is 1. The molecule has 0 radical (unpaired) electrons. The van der Waals surface area contributed by atoms with E-state index in [0.717, 1.165) is 43.4 Å². The van der Waals surface area contributed by atoms with Crippen molar-refractivity contribution in [3.63, 3.8) is 0 Å². The molecule has 22 heavy (non-hydrogen) atoms. The molecule has 2 aromatic rings. The fourth-order valence-corrected chi connectivity index (χ4v) is 3.77. The van der Waals surface area contributed by atoms with E-state index in [4.69, 9.17) is 0 Å². The lowest BCUT2D eigenvalue weighted by molar-refractivity contribution is 0.0975. The highest BCUT2D eigenvalue weighted by Crippen LogP contribution is 2.22. The van der Waals surface area contributed by atoms with Gasteiger partial charge in [0.15, 0.2) is 10.7 Å². The van der Waals surface area contributed by atoms with Gasteiger partial charge in [0.2, 0.25) is 0 Å². The zero-order valence-corrected chi connectivity index (χ0v) is 13.0. The van der Waals surface area contributed by atoms with Crippen molar-refractivity contribution in [3.05, 3.63) is 29.2 Å². The number of aromatic nitrogens is 4. The second kappa shape index (κ2) is 5.56. The summed E-state index contributed by atoms with van der Waals surface area (Å²) in [5.74, 6) is -0.708. The van der Waals surface area contributed by atoms with Crippen LogP contribution in [0.5, 0.6) is 0 Å². The first-order valence-electron chi connectivity index (χ1n) is 7.10.